The average Bonchev–Trinajstić information content (AvgIpc) is 3.50. The van der Waals surface area contributed by atoms with E-state index in [-0.39, 0.29) is 0 Å². The summed E-state index contributed by atoms with van der Waals surface area (Å²) in [6.07, 6.45) is -46.0. The standard InChI is InChI=1S/C30H52O26/c31-1-6(35)22-19(44)25(56-27-17(42)15(40)11(36)7(2-32)50-27)30(53-22)48-5-10-12(37)16(41)18(43)28(52-10)55-24-14(39)9(4-34)51-29(21(24)46)54-23-13(38)8(3-33)49-26(47)20(23)45/h6-47H,1-5H2/t6-,7-,8-,9-,10-,11-,12-,13+,14-,15+,16+,17-,18-,19+,20-,21-,22+,23+,24+,25-,26-,27-,28-,29+,30-/m1/s1. The van der Waals surface area contributed by atoms with E-state index in [1.54, 1.807) is 0 Å². The summed E-state index contributed by atoms with van der Waals surface area (Å²) in [4.78, 5) is 0. The summed E-state index contributed by atoms with van der Waals surface area (Å²) in [5.74, 6) is 0. The van der Waals surface area contributed by atoms with E-state index in [0.717, 1.165) is 0 Å². The van der Waals surface area contributed by atoms with Crippen molar-refractivity contribution in [2.45, 2.75) is 154 Å². The first-order valence-electron chi connectivity index (χ1n) is 17.6. The largest absolute Gasteiger partial charge is 0.394 e. The summed E-state index contributed by atoms with van der Waals surface area (Å²) < 4.78 is 49.1. The first-order valence-corrected chi connectivity index (χ1v) is 17.6. The molecule has 0 aromatic heterocycles. The van der Waals surface area contributed by atoms with Gasteiger partial charge in [0.15, 0.2) is 31.5 Å². The van der Waals surface area contributed by atoms with Crippen LogP contribution in [0.25, 0.3) is 0 Å². The van der Waals surface area contributed by atoms with Crippen molar-refractivity contribution in [3.8, 4) is 0 Å². The Bertz CT molecular complexity index is 1210. The Hall–Kier alpha value is -1.04. The Morgan fingerprint density at radius 1 is 0.393 bits per heavy atom. The fourth-order valence-corrected chi connectivity index (χ4v) is 6.92. The summed E-state index contributed by atoms with van der Waals surface area (Å²) in [6, 6.07) is 0. The predicted molar refractivity (Wildman–Crippen MR) is 167 cm³/mol. The minimum absolute atomic E-state index is 0.823. The lowest BCUT2D eigenvalue weighted by molar-refractivity contribution is -0.380. The molecular formula is C30H52O26. The van der Waals surface area contributed by atoms with Crippen LogP contribution in [0, 0.1) is 0 Å². The lowest BCUT2D eigenvalue weighted by atomic mass is 9.96. The normalized spacial score (nSPS) is 52.2. The highest BCUT2D eigenvalue weighted by atomic mass is 16.8. The van der Waals surface area contributed by atoms with Crippen molar-refractivity contribution in [1.82, 2.24) is 0 Å². The number of hydrogen-bond donors (Lipinski definition) is 17. The molecule has 0 saturated carbocycles. The van der Waals surface area contributed by atoms with Gasteiger partial charge in [-0.2, -0.15) is 0 Å². The topological polar surface area (TPSA) is 427 Å². The van der Waals surface area contributed by atoms with Gasteiger partial charge in [-0.25, -0.2) is 0 Å². The minimum Gasteiger partial charge on any atom is -0.394 e. The van der Waals surface area contributed by atoms with Gasteiger partial charge in [0, 0.05) is 0 Å². The zero-order valence-corrected chi connectivity index (χ0v) is 29.2. The molecule has 5 aliphatic rings. The second-order valence-corrected chi connectivity index (χ2v) is 14.0. The van der Waals surface area contributed by atoms with Crippen LogP contribution >= 0.6 is 0 Å². The van der Waals surface area contributed by atoms with Crippen LogP contribution in [0.4, 0.5) is 0 Å². The molecule has 0 aliphatic carbocycles. The van der Waals surface area contributed by atoms with Gasteiger partial charge in [-0.3, -0.25) is 0 Å². The first kappa shape index (κ1) is 46.0. The smallest absolute Gasteiger partial charge is 0.187 e. The lowest BCUT2D eigenvalue weighted by Gasteiger charge is -2.48. The summed E-state index contributed by atoms with van der Waals surface area (Å²) in [6.45, 7) is -4.35. The van der Waals surface area contributed by atoms with Crippen molar-refractivity contribution in [3.63, 3.8) is 0 Å². The van der Waals surface area contributed by atoms with Crippen LogP contribution in [0.15, 0.2) is 0 Å². The molecule has 0 radical (unpaired) electrons. The van der Waals surface area contributed by atoms with Gasteiger partial charge < -0.3 is 129 Å². The summed E-state index contributed by atoms with van der Waals surface area (Å²) in [5.41, 5.74) is 0. The van der Waals surface area contributed by atoms with Gasteiger partial charge in [0.25, 0.3) is 0 Å². The third-order valence-corrected chi connectivity index (χ3v) is 10.3. The predicted octanol–water partition coefficient (Wildman–Crippen LogP) is -11.9. The van der Waals surface area contributed by atoms with E-state index in [4.69, 9.17) is 42.6 Å². The van der Waals surface area contributed by atoms with Crippen LogP contribution in [0.5, 0.6) is 0 Å². The Labute approximate surface area is 316 Å². The van der Waals surface area contributed by atoms with E-state index in [1.807, 2.05) is 0 Å². The second kappa shape index (κ2) is 19.6. The molecule has 5 heterocycles. The third-order valence-electron chi connectivity index (χ3n) is 10.3. The first-order chi connectivity index (χ1) is 26.5. The molecular weight excluding hydrogens is 776 g/mol. The zero-order valence-electron chi connectivity index (χ0n) is 29.2. The van der Waals surface area contributed by atoms with Crippen molar-refractivity contribution in [2.24, 2.45) is 0 Å². The van der Waals surface area contributed by atoms with E-state index in [2.05, 4.69) is 0 Å². The average molecular weight is 829 g/mol. The van der Waals surface area contributed by atoms with Crippen molar-refractivity contribution in [3.05, 3.63) is 0 Å². The molecule has 5 aliphatic heterocycles. The summed E-state index contributed by atoms with van der Waals surface area (Å²) in [7, 11) is 0. The van der Waals surface area contributed by atoms with E-state index in [0.29, 0.717) is 0 Å². The Balaban J connectivity index is 1.29. The van der Waals surface area contributed by atoms with Crippen molar-refractivity contribution >= 4 is 0 Å². The zero-order chi connectivity index (χ0) is 41.3. The van der Waals surface area contributed by atoms with Crippen LogP contribution in [-0.4, -0.2) is 273 Å². The monoisotopic (exact) mass is 828 g/mol. The highest BCUT2D eigenvalue weighted by Gasteiger charge is 2.56. The Morgan fingerprint density at radius 2 is 0.821 bits per heavy atom. The van der Waals surface area contributed by atoms with Crippen LogP contribution in [0.2, 0.25) is 0 Å². The number of aliphatic hydroxyl groups is 17. The maximum absolute atomic E-state index is 11.2. The lowest BCUT2D eigenvalue weighted by Crippen LogP contribution is -2.66. The highest BCUT2D eigenvalue weighted by molar-refractivity contribution is 4.98. The minimum atomic E-state index is -2.11. The molecule has 0 aromatic carbocycles. The van der Waals surface area contributed by atoms with Crippen molar-refractivity contribution < 1.29 is 129 Å². The molecule has 25 atom stereocenters. The fraction of sp³-hybridized carbons (Fsp3) is 1.00. The summed E-state index contributed by atoms with van der Waals surface area (Å²) >= 11 is 0. The molecule has 5 fully saturated rings. The van der Waals surface area contributed by atoms with Gasteiger partial charge in [0.2, 0.25) is 0 Å². The van der Waals surface area contributed by atoms with E-state index in [9.17, 15) is 86.8 Å². The van der Waals surface area contributed by atoms with Crippen LogP contribution < -0.4 is 0 Å². The number of ether oxygens (including phenoxy) is 9. The number of rotatable bonds is 14. The van der Waals surface area contributed by atoms with E-state index < -0.39 is 187 Å². The van der Waals surface area contributed by atoms with Crippen LogP contribution in [0.3, 0.4) is 0 Å². The van der Waals surface area contributed by atoms with Gasteiger partial charge in [-0.15, -0.1) is 0 Å². The molecule has 0 bridgehead atoms. The van der Waals surface area contributed by atoms with Gasteiger partial charge in [0.05, 0.1) is 33.0 Å². The van der Waals surface area contributed by atoms with Gasteiger partial charge in [-0.05, 0) is 0 Å². The number of aliphatic hydroxyl groups excluding tert-OH is 17. The SMILES string of the molecule is OC[C@@H](O)[C@@H]1O[C@@H](OC[C@H]2O[C@H](O[C@@H]3[C@@H](O)[C@H](O[C@@H]4[C@@H](O)[C@H](O)O[C@H](CO)[C@@H]4O)O[C@H](CO)[C@H]3O)[C@H](O)[C@@H](O)[C@@H]2O)[C@H](O[C@H]2O[C@H](CO)[C@@H](O)[C@H](O)[C@H]2O)[C@H]1O. The maximum atomic E-state index is 11.2. The van der Waals surface area contributed by atoms with Crippen molar-refractivity contribution in [1.29, 1.82) is 0 Å². The molecule has 0 unspecified atom stereocenters. The van der Waals surface area contributed by atoms with Crippen LogP contribution in [-0.2, 0) is 42.6 Å². The van der Waals surface area contributed by atoms with Gasteiger partial charge in [-0.1, -0.05) is 0 Å². The second-order valence-electron chi connectivity index (χ2n) is 14.0. The molecule has 26 heteroatoms. The van der Waals surface area contributed by atoms with E-state index in [1.165, 1.54) is 0 Å². The molecule has 17 N–H and O–H groups in total. The third kappa shape index (κ3) is 9.31. The molecule has 0 aromatic rings. The van der Waals surface area contributed by atoms with Gasteiger partial charge in [0.1, 0.15) is 122 Å². The van der Waals surface area contributed by atoms with Crippen molar-refractivity contribution in [2.75, 3.05) is 33.0 Å². The summed E-state index contributed by atoms with van der Waals surface area (Å²) in [5, 5.41) is 176. The fourth-order valence-electron chi connectivity index (χ4n) is 6.92. The maximum Gasteiger partial charge on any atom is 0.187 e. The Morgan fingerprint density at radius 3 is 1.34 bits per heavy atom. The molecule has 0 amide bonds. The molecule has 5 rings (SSSR count). The highest BCUT2D eigenvalue weighted by Crippen LogP contribution is 2.35. The Kier molecular flexibility index (Phi) is 16.1. The number of hydrogen-bond acceptors (Lipinski definition) is 26. The van der Waals surface area contributed by atoms with E-state index >= 15 is 0 Å². The molecule has 328 valence electrons. The molecule has 0 spiro atoms. The van der Waals surface area contributed by atoms with Crippen LogP contribution in [0.1, 0.15) is 0 Å². The molecule has 56 heavy (non-hydrogen) atoms. The molecule has 5 saturated heterocycles. The quantitative estimate of drug-likeness (QED) is 0.0773. The van der Waals surface area contributed by atoms with Gasteiger partial charge >= 0.3 is 0 Å². The molecule has 26 nitrogen and oxygen atoms in total.